The molecular weight excluding hydrogens is 270 g/mol. The number of anilines is 1. The van der Waals surface area contributed by atoms with Crippen molar-refractivity contribution in [3.05, 3.63) is 45.2 Å². The molecule has 0 aromatic carbocycles. The normalized spacial score (nSPS) is 10.3. The summed E-state index contributed by atoms with van der Waals surface area (Å²) >= 11 is 7.32. The van der Waals surface area contributed by atoms with Crippen LogP contribution in [0.4, 0.5) is 5.82 Å². The summed E-state index contributed by atoms with van der Waals surface area (Å²) in [4.78, 5) is 18.6. The second-order valence-electron chi connectivity index (χ2n) is 3.84. The molecule has 0 spiro atoms. The van der Waals surface area contributed by atoms with Crippen LogP contribution < -0.4 is 5.73 Å². The lowest BCUT2D eigenvalue weighted by Gasteiger charge is -2.16. The SMILES string of the molecule is CN(Cc1ccc(Cl)s1)C(=O)c1ccnc(N)c1. The quantitative estimate of drug-likeness (QED) is 0.941. The molecule has 2 heterocycles. The lowest BCUT2D eigenvalue weighted by Crippen LogP contribution is -2.25. The van der Waals surface area contributed by atoms with Crippen molar-refractivity contribution in [3.63, 3.8) is 0 Å². The van der Waals surface area contributed by atoms with Gasteiger partial charge in [0, 0.05) is 23.7 Å². The molecule has 1 amide bonds. The van der Waals surface area contributed by atoms with Gasteiger partial charge in [0.15, 0.2) is 0 Å². The lowest BCUT2D eigenvalue weighted by molar-refractivity contribution is 0.0786. The van der Waals surface area contributed by atoms with Gasteiger partial charge in [0.05, 0.1) is 10.9 Å². The fraction of sp³-hybridized carbons (Fsp3) is 0.167. The number of rotatable bonds is 3. The van der Waals surface area contributed by atoms with Crippen molar-refractivity contribution in [1.82, 2.24) is 9.88 Å². The molecule has 0 atom stereocenters. The van der Waals surface area contributed by atoms with Crippen LogP contribution in [0.15, 0.2) is 30.5 Å². The van der Waals surface area contributed by atoms with Crippen LogP contribution in [-0.2, 0) is 6.54 Å². The van der Waals surface area contributed by atoms with E-state index in [1.165, 1.54) is 17.5 Å². The third kappa shape index (κ3) is 3.00. The first kappa shape index (κ1) is 12.9. The van der Waals surface area contributed by atoms with Crippen LogP contribution in [0, 0.1) is 0 Å². The molecule has 0 bridgehead atoms. The Labute approximate surface area is 114 Å². The maximum absolute atomic E-state index is 12.1. The van der Waals surface area contributed by atoms with Gasteiger partial charge in [0.2, 0.25) is 0 Å². The molecule has 2 aromatic heterocycles. The summed E-state index contributed by atoms with van der Waals surface area (Å²) in [6.45, 7) is 0.526. The number of nitrogen functional groups attached to an aromatic ring is 1. The van der Waals surface area contributed by atoms with Crippen LogP contribution in [0.25, 0.3) is 0 Å². The van der Waals surface area contributed by atoms with Gasteiger partial charge in [-0.3, -0.25) is 4.79 Å². The van der Waals surface area contributed by atoms with Gasteiger partial charge in [0.25, 0.3) is 5.91 Å². The first-order chi connectivity index (χ1) is 8.56. The molecule has 94 valence electrons. The highest BCUT2D eigenvalue weighted by atomic mass is 35.5. The fourth-order valence-corrected chi connectivity index (χ4v) is 2.69. The Morgan fingerprint density at radius 3 is 2.89 bits per heavy atom. The maximum atomic E-state index is 12.1. The number of nitrogens with zero attached hydrogens (tertiary/aromatic N) is 2. The number of pyridine rings is 1. The van der Waals surface area contributed by atoms with Crippen LogP contribution in [0.2, 0.25) is 4.34 Å². The van der Waals surface area contributed by atoms with Gasteiger partial charge in [-0.1, -0.05) is 11.6 Å². The van der Waals surface area contributed by atoms with Gasteiger partial charge in [0.1, 0.15) is 5.82 Å². The van der Waals surface area contributed by atoms with Gasteiger partial charge in [-0.05, 0) is 24.3 Å². The van der Waals surface area contributed by atoms with Crippen molar-refractivity contribution < 1.29 is 4.79 Å². The molecule has 18 heavy (non-hydrogen) atoms. The molecule has 0 aliphatic carbocycles. The van der Waals surface area contributed by atoms with Crippen molar-refractivity contribution in [2.45, 2.75) is 6.54 Å². The van der Waals surface area contributed by atoms with Crippen molar-refractivity contribution in [3.8, 4) is 0 Å². The Bertz CT molecular complexity index is 570. The Kier molecular flexibility index (Phi) is 3.84. The van der Waals surface area contributed by atoms with E-state index in [9.17, 15) is 4.79 Å². The molecule has 0 saturated heterocycles. The molecule has 0 unspecified atom stereocenters. The second-order valence-corrected chi connectivity index (χ2v) is 5.64. The van der Waals surface area contributed by atoms with E-state index in [2.05, 4.69) is 4.98 Å². The summed E-state index contributed by atoms with van der Waals surface area (Å²) in [6, 6.07) is 6.96. The molecule has 6 heteroatoms. The van der Waals surface area contributed by atoms with Crippen molar-refractivity contribution in [2.75, 3.05) is 12.8 Å². The van der Waals surface area contributed by atoms with E-state index < -0.39 is 0 Å². The van der Waals surface area contributed by atoms with E-state index in [0.29, 0.717) is 17.9 Å². The number of nitrogens with two attached hydrogens (primary N) is 1. The molecule has 2 aromatic rings. The summed E-state index contributed by atoms with van der Waals surface area (Å²) < 4.78 is 0.721. The average Bonchev–Trinajstić information content (AvgIpc) is 2.73. The third-order valence-electron chi connectivity index (χ3n) is 2.40. The summed E-state index contributed by atoms with van der Waals surface area (Å²) in [5.41, 5.74) is 6.09. The number of aromatic nitrogens is 1. The van der Waals surface area contributed by atoms with E-state index in [4.69, 9.17) is 17.3 Å². The zero-order valence-corrected chi connectivity index (χ0v) is 11.3. The third-order valence-corrected chi connectivity index (χ3v) is 3.61. The predicted octanol–water partition coefficient (Wildman–Crippen LogP) is 2.65. The number of amides is 1. The van der Waals surface area contributed by atoms with E-state index in [-0.39, 0.29) is 5.91 Å². The van der Waals surface area contributed by atoms with E-state index in [1.807, 2.05) is 12.1 Å². The number of hydrogen-bond donors (Lipinski definition) is 1. The molecule has 0 aliphatic heterocycles. The van der Waals surface area contributed by atoms with Gasteiger partial charge >= 0.3 is 0 Å². The van der Waals surface area contributed by atoms with Gasteiger partial charge in [-0.25, -0.2) is 4.98 Å². The highest BCUT2D eigenvalue weighted by Gasteiger charge is 2.13. The summed E-state index contributed by atoms with van der Waals surface area (Å²) in [5, 5.41) is 0. The topological polar surface area (TPSA) is 59.2 Å². The zero-order chi connectivity index (χ0) is 13.1. The smallest absolute Gasteiger partial charge is 0.254 e. The molecule has 2 N–H and O–H groups in total. The standard InChI is InChI=1S/C12H12ClN3OS/c1-16(7-9-2-3-10(13)18-9)12(17)8-4-5-15-11(14)6-8/h2-6H,7H2,1H3,(H2,14,15). The van der Waals surface area contributed by atoms with Crippen molar-refractivity contribution in [1.29, 1.82) is 0 Å². The number of hydrogen-bond acceptors (Lipinski definition) is 4. The number of halogens is 1. The first-order valence-corrected chi connectivity index (χ1v) is 6.47. The van der Waals surface area contributed by atoms with Gasteiger partial charge in [-0.2, -0.15) is 0 Å². The minimum Gasteiger partial charge on any atom is -0.384 e. The fourth-order valence-electron chi connectivity index (χ4n) is 1.54. The summed E-state index contributed by atoms with van der Waals surface area (Å²) in [7, 11) is 1.74. The van der Waals surface area contributed by atoms with Crippen LogP contribution >= 0.6 is 22.9 Å². The van der Waals surface area contributed by atoms with Crippen molar-refractivity contribution >= 4 is 34.7 Å². The Morgan fingerprint density at radius 2 is 2.28 bits per heavy atom. The van der Waals surface area contributed by atoms with E-state index in [1.54, 1.807) is 24.1 Å². The van der Waals surface area contributed by atoms with Crippen LogP contribution in [-0.4, -0.2) is 22.8 Å². The number of carbonyl (C=O) groups excluding carboxylic acids is 1. The molecule has 0 radical (unpaired) electrons. The Hall–Kier alpha value is -1.59. The van der Waals surface area contributed by atoms with Crippen molar-refractivity contribution in [2.24, 2.45) is 0 Å². The minimum absolute atomic E-state index is 0.0892. The summed E-state index contributed by atoms with van der Waals surface area (Å²) in [5.74, 6) is 0.252. The Balaban J connectivity index is 2.09. The number of carbonyl (C=O) groups is 1. The zero-order valence-electron chi connectivity index (χ0n) is 9.76. The van der Waals surface area contributed by atoms with E-state index in [0.717, 1.165) is 9.21 Å². The second kappa shape index (κ2) is 5.37. The molecular formula is C12H12ClN3OS. The molecule has 0 fully saturated rings. The van der Waals surface area contributed by atoms with Crippen LogP contribution in [0.5, 0.6) is 0 Å². The molecule has 0 aliphatic rings. The van der Waals surface area contributed by atoms with Crippen LogP contribution in [0.3, 0.4) is 0 Å². The lowest BCUT2D eigenvalue weighted by atomic mass is 10.2. The van der Waals surface area contributed by atoms with Crippen LogP contribution in [0.1, 0.15) is 15.2 Å². The Morgan fingerprint density at radius 1 is 1.50 bits per heavy atom. The molecule has 0 saturated carbocycles. The van der Waals surface area contributed by atoms with Gasteiger partial charge in [-0.15, -0.1) is 11.3 Å². The largest absolute Gasteiger partial charge is 0.384 e. The monoisotopic (exact) mass is 281 g/mol. The summed E-state index contributed by atoms with van der Waals surface area (Å²) in [6.07, 6.45) is 1.53. The predicted molar refractivity (Wildman–Crippen MR) is 73.8 cm³/mol. The molecule has 4 nitrogen and oxygen atoms in total. The van der Waals surface area contributed by atoms with E-state index >= 15 is 0 Å². The number of thiophene rings is 1. The highest BCUT2D eigenvalue weighted by molar-refractivity contribution is 7.16. The minimum atomic E-state index is -0.0892. The average molecular weight is 282 g/mol. The molecule has 2 rings (SSSR count). The first-order valence-electron chi connectivity index (χ1n) is 5.27. The van der Waals surface area contributed by atoms with Gasteiger partial charge < -0.3 is 10.6 Å². The maximum Gasteiger partial charge on any atom is 0.254 e. The highest BCUT2D eigenvalue weighted by Crippen LogP contribution is 2.22.